The molecule has 0 aliphatic heterocycles. The lowest BCUT2D eigenvalue weighted by molar-refractivity contribution is 0.339. The molecule has 0 aromatic carbocycles. The average molecular weight is 126 g/mol. The topological polar surface area (TPSA) is 0 Å². The van der Waals surface area contributed by atoms with Crippen LogP contribution in [0.5, 0.6) is 0 Å². The van der Waals surface area contributed by atoms with Crippen molar-refractivity contribution in [3.63, 3.8) is 0 Å². The monoisotopic (exact) mass is 126 g/mol. The summed E-state index contributed by atoms with van der Waals surface area (Å²) in [7, 11) is 0. The van der Waals surface area contributed by atoms with Crippen LogP contribution in [0.2, 0.25) is 0 Å². The molecule has 0 saturated heterocycles. The van der Waals surface area contributed by atoms with E-state index in [4.69, 9.17) is 6.92 Å². The van der Waals surface area contributed by atoms with Crippen molar-refractivity contribution in [2.45, 2.75) is 40.5 Å². The second kappa shape index (κ2) is 3.24. The fraction of sp³-hybridized carbons (Fsp3) is 0.889. The van der Waals surface area contributed by atoms with Gasteiger partial charge in [0, 0.05) is 0 Å². The molecular weight excluding hydrogens is 108 g/mol. The standard InChI is InChI=1S/C9H18/c1-6-8(2)7-9(3,4)5/h3,8H,6-7H2,1-2,4-5H3. The zero-order valence-electron chi connectivity index (χ0n) is 7.07. The van der Waals surface area contributed by atoms with Crippen LogP contribution < -0.4 is 0 Å². The minimum atomic E-state index is 0.0232. The summed E-state index contributed by atoms with van der Waals surface area (Å²) >= 11 is 0. The SMILES string of the molecule is [CH]C(C)(C)CC(C)CC. The van der Waals surface area contributed by atoms with E-state index in [1.165, 1.54) is 6.42 Å². The van der Waals surface area contributed by atoms with E-state index in [0.717, 1.165) is 12.3 Å². The molecule has 0 heteroatoms. The van der Waals surface area contributed by atoms with Gasteiger partial charge in [0.05, 0.1) is 0 Å². The Morgan fingerprint density at radius 2 is 1.89 bits per heavy atom. The second-order valence-corrected chi connectivity index (χ2v) is 3.71. The van der Waals surface area contributed by atoms with Gasteiger partial charge in [-0.05, 0) is 24.7 Å². The average Bonchev–Trinajstić information content (AvgIpc) is 1.62. The lowest BCUT2D eigenvalue weighted by Gasteiger charge is -2.21. The minimum absolute atomic E-state index is 0.0232. The zero-order valence-corrected chi connectivity index (χ0v) is 7.07. The van der Waals surface area contributed by atoms with Crippen molar-refractivity contribution in [1.29, 1.82) is 0 Å². The first-order valence-corrected chi connectivity index (χ1v) is 3.74. The van der Waals surface area contributed by atoms with Crippen molar-refractivity contribution < 1.29 is 0 Å². The highest BCUT2D eigenvalue weighted by Crippen LogP contribution is 2.24. The van der Waals surface area contributed by atoms with Crippen molar-refractivity contribution in [3.8, 4) is 0 Å². The summed E-state index contributed by atoms with van der Waals surface area (Å²) in [5.74, 6) is 0.769. The molecule has 2 radical (unpaired) electrons. The van der Waals surface area contributed by atoms with Gasteiger partial charge in [-0.3, -0.25) is 0 Å². The van der Waals surface area contributed by atoms with Crippen molar-refractivity contribution in [1.82, 2.24) is 0 Å². The van der Waals surface area contributed by atoms with E-state index in [2.05, 4.69) is 27.7 Å². The molecule has 1 atom stereocenters. The van der Waals surface area contributed by atoms with Crippen LogP contribution in [0.15, 0.2) is 0 Å². The lowest BCUT2D eigenvalue weighted by atomic mass is 9.84. The van der Waals surface area contributed by atoms with Gasteiger partial charge in [-0.15, -0.1) is 0 Å². The third-order valence-corrected chi connectivity index (χ3v) is 1.57. The molecule has 0 saturated carbocycles. The Kier molecular flexibility index (Phi) is 3.24. The van der Waals surface area contributed by atoms with Gasteiger partial charge >= 0.3 is 0 Å². The molecule has 54 valence electrons. The van der Waals surface area contributed by atoms with Gasteiger partial charge in [0.25, 0.3) is 0 Å². The van der Waals surface area contributed by atoms with E-state index in [1.54, 1.807) is 0 Å². The van der Waals surface area contributed by atoms with E-state index in [9.17, 15) is 0 Å². The van der Waals surface area contributed by atoms with Gasteiger partial charge in [-0.2, -0.15) is 0 Å². The Labute approximate surface area is 59.7 Å². The Balaban J connectivity index is 3.47. The first kappa shape index (κ1) is 9.00. The Hall–Kier alpha value is 0. The van der Waals surface area contributed by atoms with Crippen molar-refractivity contribution in [2.24, 2.45) is 11.3 Å². The summed E-state index contributed by atoms with van der Waals surface area (Å²) in [5.41, 5.74) is 0.0232. The van der Waals surface area contributed by atoms with Crippen LogP contribution in [-0.2, 0) is 0 Å². The van der Waals surface area contributed by atoms with Crippen LogP contribution >= 0.6 is 0 Å². The Morgan fingerprint density at radius 1 is 1.44 bits per heavy atom. The molecule has 0 N–H and O–H groups in total. The summed E-state index contributed by atoms with van der Waals surface area (Å²) in [6.07, 6.45) is 2.37. The van der Waals surface area contributed by atoms with Crippen molar-refractivity contribution in [2.75, 3.05) is 0 Å². The fourth-order valence-electron chi connectivity index (χ4n) is 1.04. The smallest absolute Gasteiger partial charge is 0.0290 e. The highest BCUT2D eigenvalue weighted by atomic mass is 14.2. The summed E-state index contributed by atoms with van der Waals surface area (Å²) in [5, 5.41) is 0. The van der Waals surface area contributed by atoms with Crippen LogP contribution in [0.3, 0.4) is 0 Å². The van der Waals surface area contributed by atoms with E-state index in [0.29, 0.717) is 0 Å². The molecule has 0 aliphatic carbocycles. The Bertz CT molecular complexity index is 66.6. The quantitative estimate of drug-likeness (QED) is 0.545. The molecule has 0 spiro atoms. The molecular formula is C9H18. The molecule has 0 rings (SSSR count). The van der Waals surface area contributed by atoms with Crippen LogP contribution in [0.4, 0.5) is 0 Å². The predicted molar refractivity (Wildman–Crippen MR) is 42.2 cm³/mol. The highest BCUT2D eigenvalue weighted by Gasteiger charge is 2.13. The van der Waals surface area contributed by atoms with Gasteiger partial charge in [-0.25, -0.2) is 0 Å². The first-order chi connectivity index (χ1) is 3.95. The first-order valence-electron chi connectivity index (χ1n) is 3.74. The molecule has 9 heavy (non-hydrogen) atoms. The van der Waals surface area contributed by atoms with E-state index < -0.39 is 0 Å². The molecule has 0 bridgehead atoms. The molecule has 0 aromatic rings. The van der Waals surface area contributed by atoms with Gasteiger partial charge in [-0.1, -0.05) is 34.1 Å². The molecule has 0 aliphatic rings. The minimum Gasteiger partial charge on any atom is -0.0651 e. The van der Waals surface area contributed by atoms with E-state index >= 15 is 0 Å². The molecule has 1 unspecified atom stereocenters. The predicted octanol–water partition coefficient (Wildman–Crippen LogP) is 3.16. The Morgan fingerprint density at radius 3 is 2.00 bits per heavy atom. The highest BCUT2D eigenvalue weighted by molar-refractivity contribution is 4.72. The number of hydrogen-bond acceptors (Lipinski definition) is 0. The van der Waals surface area contributed by atoms with Gasteiger partial charge < -0.3 is 0 Å². The number of hydrogen-bond donors (Lipinski definition) is 0. The molecule has 0 nitrogen and oxygen atoms in total. The third kappa shape index (κ3) is 5.88. The second-order valence-electron chi connectivity index (χ2n) is 3.71. The molecule has 0 aromatic heterocycles. The maximum atomic E-state index is 5.81. The molecule has 0 heterocycles. The maximum absolute atomic E-state index is 5.81. The van der Waals surface area contributed by atoms with E-state index in [1.807, 2.05) is 0 Å². The summed E-state index contributed by atoms with van der Waals surface area (Å²) in [6.45, 7) is 14.4. The largest absolute Gasteiger partial charge is 0.0651 e. The van der Waals surface area contributed by atoms with Gasteiger partial charge in [0.15, 0.2) is 0 Å². The zero-order chi connectivity index (χ0) is 7.49. The molecule has 0 fully saturated rings. The summed E-state index contributed by atoms with van der Waals surface area (Å²) in [6, 6.07) is 0. The summed E-state index contributed by atoms with van der Waals surface area (Å²) in [4.78, 5) is 0. The lowest BCUT2D eigenvalue weighted by Crippen LogP contribution is -2.10. The van der Waals surface area contributed by atoms with Crippen LogP contribution in [0.1, 0.15) is 40.5 Å². The van der Waals surface area contributed by atoms with Crippen LogP contribution in [0, 0.1) is 18.3 Å². The normalized spacial score (nSPS) is 15.7. The fourth-order valence-corrected chi connectivity index (χ4v) is 1.04. The molecule has 0 amide bonds. The van der Waals surface area contributed by atoms with Crippen molar-refractivity contribution in [3.05, 3.63) is 6.92 Å². The third-order valence-electron chi connectivity index (χ3n) is 1.57. The van der Waals surface area contributed by atoms with Crippen LogP contribution in [0.25, 0.3) is 0 Å². The van der Waals surface area contributed by atoms with E-state index in [-0.39, 0.29) is 5.41 Å². The van der Waals surface area contributed by atoms with Crippen molar-refractivity contribution >= 4 is 0 Å². The van der Waals surface area contributed by atoms with Gasteiger partial charge in [0.1, 0.15) is 0 Å². The van der Waals surface area contributed by atoms with Gasteiger partial charge in [0.2, 0.25) is 0 Å². The van der Waals surface area contributed by atoms with Crippen LogP contribution in [-0.4, -0.2) is 0 Å². The summed E-state index contributed by atoms with van der Waals surface area (Å²) < 4.78 is 0. The maximum Gasteiger partial charge on any atom is -0.0290 e. The number of rotatable bonds is 3.